The molecule has 0 bridgehead atoms. The predicted octanol–water partition coefficient (Wildman–Crippen LogP) is 16.0. The van der Waals surface area contributed by atoms with Gasteiger partial charge in [0.2, 0.25) is 20.0 Å². The molecule has 5 saturated heterocycles. The second-order valence-electron chi connectivity index (χ2n) is 31.4. The van der Waals surface area contributed by atoms with Crippen molar-refractivity contribution in [3.05, 3.63) is 285 Å². The number of sulfonamides is 2. The molecule has 0 radical (unpaired) electrons. The monoisotopic (exact) mass is 1780 g/mol. The van der Waals surface area contributed by atoms with E-state index in [1.165, 1.54) is 14.8 Å². The van der Waals surface area contributed by atoms with Crippen molar-refractivity contribution in [2.75, 3.05) is 79.0 Å². The number of morpholine rings is 1. The Labute approximate surface area is 751 Å². The summed E-state index contributed by atoms with van der Waals surface area (Å²) in [6, 6.07) is 52.9. The lowest BCUT2D eigenvalue weighted by molar-refractivity contribution is -0.0151. The molecule has 3 amide bonds. The maximum atomic E-state index is 13.0. The summed E-state index contributed by atoms with van der Waals surface area (Å²) in [4.78, 5) is 109. The molecular formula is C99H117N9O18S2. The van der Waals surface area contributed by atoms with E-state index in [0.717, 1.165) is 124 Å². The normalized spacial score (nSPS) is 17.2. The minimum atomic E-state index is -3.59. The van der Waals surface area contributed by atoms with E-state index in [4.69, 9.17) is 28.4 Å². The van der Waals surface area contributed by atoms with Gasteiger partial charge in [-0.15, -0.1) is 0 Å². The van der Waals surface area contributed by atoms with Crippen LogP contribution in [0.2, 0.25) is 0 Å². The van der Waals surface area contributed by atoms with Gasteiger partial charge in [-0.3, -0.25) is 53.0 Å². The van der Waals surface area contributed by atoms with Gasteiger partial charge in [-0.2, -0.15) is 13.7 Å². The summed E-state index contributed by atoms with van der Waals surface area (Å²) in [6.45, 7) is 18.7. The number of aromatic nitrogens is 4. The van der Waals surface area contributed by atoms with Crippen molar-refractivity contribution in [1.29, 1.82) is 0 Å². The van der Waals surface area contributed by atoms with Crippen LogP contribution in [-0.2, 0) is 24.8 Å². The first kappa shape index (κ1) is 99.4. The molecule has 5 atom stereocenters. The molecule has 0 spiro atoms. The van der Waals surface area contributed by atoms with E-state index < -0.39 is 20.0 Å². The Balaban J connectivity index is 0.000000180. The van der Waals surface area contributed by atoms with Crippen molar-refractivity contribution >= 4 is 69.2 Å². The van der Waals surface area contributed by atoms with E-state index in [-0.39, 0.29) is 93.5 Å². The Morgan fingerprint density at radius 1 is 0.383 bits per heavy atom. The molecule has 3 aromatic heterocycles. The van der Waals surface area contributed by atoms with Gasteiger partial charge in [-0.05, 0) is 219 Å². The molecule has 0 aliphatic carbocycles. The number of hydrogen-bond donors (Lipinski definition) is 0. The average molecular weight is 1790 g/mol. The van der Waals surface area contributed by atoms with E-state index in [1.54, 1.807) is 137 Å². The molecule has 5 aliphatic heterocycles. The number of likely N-dealkylation sites (tertiary alicyclic amines) is 2. The quantitative estimate of drug-likeness (QED) is 0.0411. The van der Waals surface area contributed by atoms with Crippen LogP contribution in [0.3, 0.4) is 0 Å². The van der Waals surface area contributed by atoms with Gasteiger partial charge in [-0.1, -0.05) is 112 Å². The molecule has 8 heterocycles. The molecule has 15 rings (SSSR count). The highest BCUT2D eigenvalue weighted by atomic mass is 32.2. The van der Waals surface area contributed by atoms with E-state index >= 15 is 0 Å². The summed E-state index contributed by atoms with van der Waals surface area (Å²) in [6.07, 6.45) is 19.7. The summed E-state index contributed by atoms with van der Waals surface area (Å²) in [7, 11) is -7.13. The average Bonchev–Trinajstić information content (AvgIpc) is 1.59. The van der Waals surface area contributed by atoms with Crippen LogP contribution in [0.1, 0.15) is 203 Å². The van der Waals surface area contributed by atoms with E-state index in [0.29, 0.717) is 131 Å². The van der Waals surface area contributed by atoms with Crippen LogP contribution in [0.4, 0.5) is 0 Å². The van der Waals surface area contributed by atoms with E-state index in [9.17, 15) is 55.2 Å². The first-order valence-corrected chi connectivity index (χ1v) is 45.3. The van der Waals surface area contributed by atoms with Crippen LogP contribution in [0.25, 0.3) is 0 Å². The lowest BCUT2D eigenvalue weighted by Gasteiger charge is -2.35. The minimum Gasteiger partial charge on any atom is -0.491 e. The SMILES string of the molecule is C.C.Cc1cccc(OC[C@@H]2CCCCN2C(=O)c2cccnc2)c1C=O.Cc1cccc(OC[C@@H]2CCCN2C(=O)c2ccnn2C(C)C)c1C=O.Cc1cccc(OC[C@@H]2CCCN2S(=O)(=O)c2ccccc2)c1C=O.Cc1cccc(OC[C@@H]2CCCN2S(=O)(=O)c2cccnc2)c1C=O.Cc1cccc(OC[C@@H]2COCCN2C(=O)c2ccccc2)c1C=O. The van der Waals surface area contributed by atoms with Crippen LogP contribution in [0, 0.1) is 34.6 Å². The zero-order chi connectivity index (χ0) is 89.7. The number of rotatable bonds is 28. The van der Waals surface area contributed by atoms with Crippen molar-refractivity contribution < 1.29 is 83.6 Å². The number of amides is 3. The lowest BCUT2D eigenvalue weighted by Crippen LogP contribution is -2.51. The molecule has 7 aromatic carbocycles. The number of aryl methyl sites for hydroxylation is 5. The zero-order valence-electron chi connectivity index (χ0n) is 72.1. The molecule has 128 heavy (non-hydrogen) atoms. The van der Waals surface area contributed by atoms with Gasteiger partial charge in [0.1, 0.15) is 72.4 Å². The highest BCUT2D eigenvalue weighted by molar-refractivity contribution is 7.89. The number of aldehydes is 5. The summed E-state index contributed by atoms with van der Waals surface area (Å²) < 4.78 is 90.9. The maximum Gasteiger partial charge on any atom is 0.272 e. The topological polar surface area (TPSA) is 320 Å². The largest absolute Gasteiger partial charge is 0.491 e. The molecule has 678 valence electrons. The summed E-state index contributed by atoms with van der Waals surface area (Å²) in [5, 5.41) is 4.26. The second kappa shape index (κ2) is 48.5. The highest BCUT2D eigenvalue weighted by Gasteiger charge is 2.39. The van der Waals surface area contributed by atoms with E-state index in [2.05, 4.69) is 15.1 Å². The molecule has 27 nitrogen and oxygen atoms in total. The third kappa shape index (κ3) is 25.3. The van der Waals surface area contributed by atoms with Gasteiger partial charge < -0.3 is 43.1 Å². The fourth-order valence-electron chi connectivity index (χ4n) is 15.8. The molecule has 10 aromatic rings. The third-order valence-corrected chi connectivity index (χ3v) is 26.6. The Bertz CT molecular complexity index is 5300. The maximum absolute atomic E-state index is 13.0. The number of pyridine rings is 2. The summed E-state index contributed by atoms with van der Waals surface area (Å²) >= 11 is 0. The molecule has 29 heteroatoms. The van der Waals surface area contributed by atoms with Gasteiger partial charge in [0, 0.05) is 75.3 Å². The zero-order valence-corrected chi connectivity index (χ0v) is 73.7. The van der Waals surface area contributed by atoms with Gasteiger partial charge >= 0.3 is 0 Å². The standard InChI is InChI=1S/C20H25N3O3.C20H22N2O3.C20H21NO4.C19H21NO4S.C18H20N2O4S.2CH4/c1-14(2)23-18(9-10-21-23)20(25)22-11-5-7-16(22)13-26-19-8-4-6-15(3)17(19)12-24;1-15-6-4-9-19(18(15)13-23)25-14-17-8-2-3-11-22(17)20(24)16-7-5-10-21-12-16;1-15-6-5-9-19(18(15)12-22)25-14-17-13-24-11-10-21(17)20(23)16-7-3-2-4-8-16;1-15-7-5-11-19(18(15)13-21)24-14-16-8-6-12-20(16)25(22,23)17-9-3-2-4-10-17;1-14-5-2-8-18(17(14)12-21)24-13-15-6-4-10-20(15)25(22,23)16-7-3-9-19-11-16;;/h4,6,8-10,12,14,16H,5,7,11,13H2,1-3H3;4-7,9-10,12-13,17H,2-3,8,11,14H2,1H3;2-9,12,17H,10-11,13-14H2,1H3;2-5,7,9-11,13,16H,6,8,12,14H2,1H3;2-3,5,7-9,11-12,15H,4,6,10,13H2,1H3;2*1H4/t16-;2*17-;16-;15-;;/m00000../s1. The fourth-order valence-corrected chi connectivity index (χ4v) is 19.1. The number of carbonyl (C=O) groups is 8. The number of carbonyl (C=O) groups excluding carboxylic acids is 8. The van der Waals surface area contributed by atoms with Crippen LogP contribution in [0.15, 0.2) is 223 Å². The molecule has 5 fully saturated rings. The van der Waals surface area contributed by atoms with Crippen molar-refractivity contribution in [2.45, 2.75) is 167 Å². The lowest BCUT2D eigenvalue weighted by atomic mass is 10.0. The number of ether oxygens (including phenoxy) is 6. The predicted molar refractivity (Wildman–Crippen MR) is 490 cm³/mol. The molecule has 0 unspecified atom stereocenters. The third-order valence-electron chi connectivity index (χ3n) is 22.7. The Kier molecular flexibility index (Phi) is 37.7. The molecular weight excluding hydrogens is 1670 g/mol. The Morgan fingerprint density at radius 3 is 1.17 bits per heavy atom. The highest BCUT2D eigenvalue weighted by Crippen LogP contribution is 2.33. The van der Waals surface area contributed by atoms with Gasteiger partial charge in [0.25, 0.3) is 17.7 Å². The van der Waals surface area contributed by atoms with Gasteiger partial charge in [0.05, 0.1) is 81.7 Å². The van der Waals surface area contributed by atoms with Gasteiger partial charge in [0.15, 0.2) is 31.4 Å². The van der Waals surface area contributed by atoms with Crippen molar-refractivity contribution in [2.24, 2.45) is 0 Å². The van der Waals surface area contributed by atoms with Crippen LogP contribution >= 0.6 is 0 Å². The van der Waals surface area contributed by atoms with Crippen LogP contribution in [-0.4, -0.2) is 218 Å². The number of piperidine rings is 1. The second-order valence-corrected chi connectivity index (χ2v) is 35.2. The fraction of sp³-hybridized carbons (Fsp3) is 0.364. The van der Waals surface area contributed by atoms with Gasteiger partial charge in [-0.25, -0.2) is 16.8 Å². The van der Waals surface area contributed by atoms with Crippen molar-refractivity contribution in [1.82, 2.24) is 43.1 Å². The number of hydrogen-bond acceptors (Lipinski definition) is 21. The smallest absolute Gasteiger partial charge is 0.272 e. The summed E-state index contributed by atoms with van der Waals surface area (Å²) in [5.74, 6) is 2.62. The minimum absolute atomic E-state index is 0. The summed E-state index contributed by atoms with van der Waals surface area (Å²) in [5.41, 5.74) is 8.87. The van der Waals surface area contributed by atoms with Crippen molar-refractivity contribution in [3.63, 3.8) is 0 Å². The van der Waals surface area contributed by atoms with Crippen LogP contribution in [0.5, 0.6) is 28.7 Å². The van der Waals surface area contributed by atoms with Crippen LogP contribution < -0.4 is 23.7 Å². The van der Waals surface area contributed by atoms with Crippen molar-refractivity contribution in [3.8, 4) is 28.7 Å². The molecule has 5 aliphatic rings. The first-order valence-electron chi connectivity index (χ1n) is 42.4. The Hall–Kier alpha value is -12.4. The molecule has 0 N–H and O–H groups in total. The number of nitrogens with zero attached hydrogens (tertiary/aromatic N) is 9. The van der Waals surface area contributed by atoms with E-state index in [1.807, 2.05) is 137 Å². The first-order chi connectivity index (χ1) is 61.0. The Morgan fingerprint density at radius 2 is 0.742 bits per heavy atom. The number of benzene rings is 7. The molecule has 0 saturated carbocycles.